The molecule has 0 aromatic heterocycles. The van der Waals surface area contributed by atoms with Crippen LogP contribution in [0.25, 0.3) is 0 Å². The summed E-state index contributed by atoms with van der Waals surface area (Å²) in [6.45, 7) is 3.03. The van der Waals surface area contributed by atoms with E-state index in [1.54, 1.807) is 0 Å². The zero-order valence-corrected chi connectivity index (χ0v) is 11.8. The molecular weight excluding hydrogens is 282 g/mol. The van der Waals surface area contributed by atoms with Crippen molar-refractivity contribution in [2.24, 2.45) is 0 Å². The minimum Gasteiger partial charge on any atom is -0.392 e. The van der Waals surface area contributed by atoms with Crippen LogP contribution >= 0.6 is 15.9 Å². The molecule has 0 bridgehead atoms. The summed E-state index contributed by atoms with van der Waals surface area (Å²) >= 11 is 3.56. The molecule has 1 aliphatic rings. The van der Waals surface area contributed by atoms with Crippen molar-refractivity contribution in [3.05, 3.63) is 28.2 Å². The lowest BCUT2D eigenvalue weighted by Gasteiger charge is -2.29. The molecule has 0 amide bonds. The van der Waals surface area contributed by atoms with Crippen molar-refractivity contribution in [2.75, 3.05) is 18.6 Å². The molecule has 3 nitrogen and oxygen atoms in total. The molecule has 1 heterocycles. The SMILES string of the molecule is CC1OCCC1N(C)c1ccc(CO)cc1Br. The minimum absolute atomic E-state index is 0.0749. The topological polar surface area (TPSA) is 32.7 Å². The summed E-state index contributed by atoms with van der Waals surface area (Å²) in [6, 6.07) is 6.38. The quantitative estimate of drug-likeness (QED) is 0.931. The Hall–Kier alpha value is -0.580. The normalized spacial score (nSPS) is 24.0. The standard InChI is InChI=1S/C13H18BrNO2/c1-9-12(5-6-17-9)15(2)13-4-3-10(8-16)7-11(13)14/h3-4,7,9,12,16H,5-6,8H2,1-2H3. The van der Waals surface area contributed by atoms with E-state index in [1.165, 1.54) is 0 Å². The number of aliphatic hydroxyl groups is 1. The molecule has 0 saturated carbocycles. The van der Waals surface area contributed by atoms with Crippen LogP contribution in [-0.2, 0) is 11.3 Å². The molecule has 94 valence electrons. The second kappa shape index (κ2) is 5.38. The summed E-state index contributed by atoms with van der Waals surface area (Å²) in [5.74, 6) is 0. The number of hydrogen-bond acceptors (Lipinski definition) is 3. The first-order valence-electron chi connectivity index (χ1n) is 5.87. The van der Waals surface area contributed by atoms with Crippen LogP contribution in [-0.4, -0.2) is 30.9 Å². The van der Waals surface area contributed by atoms with Gasteiger partial charge in [-0.3, -0.25) is 0 Å². The van der Waals surface area contributed by atoms with Gasteiger partial charge in [0.25, 0.3) is 0 Å². The van der Waals surface area contributed by atoms with Gasteiger partial charge in [0, 0.05) is 18.1 Å². The van der Waals surface area contributed by atoms with Crippen molar-refractivity contribution in [3.63, 3.8) is 0 Å². The maximum Gasteiger partial charge on any atom is 0.0750 e. The highest BCUT2D eigenvalue weighted by Gasteiger charge is 2.28. The highest BCUT2D eigenvalue weighted by Crippen LogP contribution is 2.31. The Morgan fingerprint density at radius 3 is 2.82 bits per heavy atom. The van der Waals surface area contributed by atoms with Gasteiger partial charge in [0.1, 0.15) is 0 Å². The molecule has 0 aliphatic carbocycles. The van der Waals surface area contributed by atoms with Crippen LogP contribution in [0.3, 0.4) is 0 Å². The van der Waals surface area contributed by atoms with Gasteiger partial charge >= 0.3 is 0 Å². The lowest BCUT2D eigenvalue weighted by Crippen LogP contribution is -2.36. The smallest absolute Gasteiger partial charge is 0.0750 e. The largest absolute Gasteiger partial charge is 0.392 e. The maximum absolute atomic E-state index is 9.09. The fourth-order valence-electron chi connectivity index (χ4n) is 2.34. The first-order valence-corrected chi connectivity index (χ1v) is 6.66. The molecule has 1 saturated heterocycles. The molecule has 1 fully saturated rings. The molecule has 1 N–H and O–H groups in total. The Bertz CT molecular complexity index is 397. The van der Waals surface area contributed by atoms with Crippen molar-refractivity contribution in [1.29, 1.82) is 0 Å². The number of ether oxygens (including phenoxy) is 1. The molecule has 0 spiro atoms. The van der Waals surface area contributed by atoms with E-state index in [9.17, 15) is 0 Å². The molecular formula is C13H18BrNO2. The van der Waals surface area contributed by atoms with Crippen LogP contribution in [0, 0.1) is 0 Å². The Kier molecular flexibility index (Phi) is 4.07. The number of rotatable bonds is 3. The van der Waals surface area contributed by atoms with Crippen LogP contribution in [0.4, 0.5) is 5.69 Å². The average Bonchev–Trinajstić information content (AvgIpc) is 2.74. The van der Waals surface area contributed by atoms with Gasteiger partial charge in [0.05, 0.1) is 24.4 Å². The first kappa shape index (κ1) is 12.9. The van der Waals surface area contributed by atoms with E-state index in [-0.39, 0.29) is 12.7 Å². The van der Waals surface area contributed by atoms with Crippen LogP contribution in [0.1, 0.15) is 18.9 Å². The fraction of sp³-hybridized carbons (Fsp3) is 0.538. The van der Waals surface area contributed by atoms with E-state index in [0.717, 1.165) is 28.8 Å². The zero-order chi connectivity index (χ0) is 12.4. The number of hydrogen-bond donors (Lipinski definition) is 1. The molecule has 1 aliphatic heterocycles. The van der Waals surface area contributed by atoms with Crippen molar-refractivity contribution in [3.8, 4) is 0 Å². The molecule has 2 atom stereocenters. The number of likely N-dealkylation sites (N-methyl/N-ethyl adjacent to an activating group) is 1. The Morgan fingerprint density at radius 1 is 1.53 bits per heavy atom. The monoisotopic (exact) mass is 299 g/mol. The third-order valence-corrected chi connectivity index (χ3v) is 4.04. The number of nitrogens with zero attached hydrogens (tertiary/aromatic N) is 1. The van der Waals surface area contributed by atoms with E-state index in [4.69, 9.17) is 9.84 Å². The molecule has 4 heteroatoms. The summed E-state index contributed by atoms with van der Waals surface area (Å²) < 4.78 is 6.61. The summed E-state index contributed by atoms with van der Waals surface area (Å²) in [7, 11) is 2.09. The van der Waals surface area contributed by atoms with Gasteiger partial charge in [0.15, 0.2) is 0 Å². The van der Waals surface area contributed by atoms with E-state index in [1.807, 2.05) is 18.2 Å². The lowest BCUT2D eigenvalue weighted by atomic mass is 10.1. The third kappa shape index (κ3) is 2.64. The Balaban J connectivity index is 2.21. The van der Waals surface area contributed by atoms with Crippen LogP contribution < -0.4 is 4.90 Å². The summed E-state index contributed by atoms with van der Waals surface area (Å²) in [5, 5.41) is 9.09. The van der Waals surface area contributed by atoms with Gasteiger partial charge in [-0.15, -0.1) is 0 Å². The van der Waals surface area contributed by atoms with Gasteiger partial charge in [-0.2, -0.15) is 0 Å². The lowest BCUT2D eigenvalue weighted by molar-refractivity contribution is 0.118. The first-order chi connectivity index (χ1) is 8.13. The predicted octanol–water partition coefficient (Wildman–Crippen LogP) is 2.56. The number of benzene rings is 1. The van der Waals surface area contributed by atoms with E-state index < -0.39 is 0 Å². The van der Waals surface area contributed by atoms with Crippen molar-refractivity contribution >= 4 is 21.6 Å². The van der Waals surface area contributed by atoms with Gasteiger partial charge in [-0.25, -0.2) is 0 Å². The summed E-state index contributed by atoms with van der Waals surface area (Å²) in [4.78, 5) is 2.25. The van der Waals surface area contributed by atoms with Crippen LogP contribution in [0.2, 0.25) is 0 Å². The molecule has 0 radical (unpaired) electrons. The van der Waals surface area contributed by atoms with Crippen LogP contribution in [0.5, 0.6) is 0 Å². The number of halogens is 1. The van der Waals surface area contributed by atoms with Crippen LogP contribution in [0.15, 0.2) is 22.7 Å². The third-order valence-electron chi connectivity index (χ3n) is 3.41. The second-order valence-electron chi connectivity index (χ2n) is 4.49. The Morgan fingerprint density at radius 2 is 2.29 bits per heavy atom. The van der Waals surface area contributed by atoms with E-state index in [0.29, 0.717) is 6.04 Å². The van der Waals surface area contributed by atoms with Gasteiger partial charge in [0.2, 0.25) is 0 Å². The Labute approximate surface area is 111 Å². The summed E-state index contributed by atoms with van der Waals surface area (Å²) in [6.07, 6.45) is 1.33. The average molecular weight is 300 g/mol. The molecule has 1 aromatic rings. The van der Waals surface area contributed by atoms with E-state index >= 15 is 0 Å². The zero-order valence-electron chi connectivity index (χ0n) is 10.2. The molecule has 17 heavy (non-hydrogen) atoms. The number of anilines is 1. The van der Waals surface area contributed by atoms with Crippen molar-refractivity contribution in [1.82, 2.24) is 0 Å². The molecule has 2 unspecified atom stereocenters. The van der Waals surface area contributed by atoms with Crippen molar-refractivity contribution in [2.45, 2.75) is 32.1 Å². The van der Waals surface area contributed by atoms with Gasteiger partial charge < -0.3 is 14.7 Å². The van der Waals surface area contributed by atoms with Gasteiger partial charge in [-0.1, -0.05) is 6.07 Å². The number of aliphatic hydroxyl groups excluding tert-OH is 1. The van der Waals surface area contributed by atoms with Gasteiger partial charge in [-0.05, 0) is 47.0 Å². The highest BCUT2D eigenvalue weighted by molar-refractivity contribution is 9.10. The predicted molar refractivity (Wildman–Crippen MR) is 72.3 cm³/mol. The maximum atomic E-state index is 9.09. The highest BCUT2D eigenvalue weighted by atomic mass is 79.9. The minimum atomic E-state index is 0.0749. The van der Waals surface area contributed by atoms with E-state index in [2.05, 4.69) is 34.8 Å². The second-order valence-corrected chi connectivity index (χ2v) is 5.34. The molecule has 2 rings (SSSR count). The fourth-order valence-corrected chi connectivity index (χ4v) is 3.05. The summed E-state index contributed by atoms with van der Waals surface area (Å²) in [5.41, 5.74) is 2.06. The van der Waals surface area contributed by atoms with Crippen molar-refractivity contribution < 1.29 is 9.84 Å². The molecule has 1 aromatic carbocycles.